The first kappa shape index (κ1) is 9.41. The summed E-state index contributed by atoms with van der Waals surface area (Å²) in [5.74, 6) is 1.62. The zero-order valence-corrected chi connectivity index (χ0v) is 8.28. The lowest BCUT2D eigenvalue weighted by atomic mass is 10.0. The summed E-state index contributed by atoms with van der Waals surface area (Å²) in [7, 11) is 1.60. The van der Waals surface area contributed by atoms with Crippen LogP contribution in [0.2, 0.25) is 0 Å². The third-order valence-corrected chi connectivity index (χ3v) is 2.29. The summed E-state index contributed by atoms with van der Waals surface area (Å²) in [4.78, 5) is 0. The molecule has 4 nitrogen and oxygen atoms in total. The van der Waals surface area contributed by atoms with Crippen LogP contribution < -0.4 is 15.2 Å². The van der Waals surface area contributed by atoms with Gasteiger partial charge in [-0.15, -0.1) is 0 Å². The number of ether oxygens (including phenoxy) is 2. The second kappa shape index (κ2) is 3.54. The molecule has 76 valence electrons. The van der Waals surface area contributed by atoms with E-state index in [1.54, 1.807) is 19.2 Å². The second-order valence-electron chi connectivity index (χ2n) is 3.21. The number of hydrogen-bond acceptors (Lipinski definition) is 4. The third-order valence-electron chi connectivity index (χ3n) is 2.29. The van der Waals surface area contributed by atoms with Gasteiger partial charge in [0.05, 0.1) is 12.7 Å². The highest BCUT2D eigenvalue weighted by atomic mass is 16.5. The molecule has 1 heterocycles. The summed E-state index contributed by atoms with van der Waals surface area (Å²) in [6.07, 6.45) is 0.495. The molecule has 4 heteroatoms. The number of nitriles is 1. The van der Waals surface area contributed by atoms with Crippen LogP contribution in [-0.4, -0.2) is 7.11 Å². The molecule has 15 heavy (non-hydrogen) atoms. The number of methoxy groups -OCH3 is 1. The highest BCUT2D eigenvalue weighted by Gasteiger charge is 2.18. The molecule has 0 radical (unpaired) electrons. The van der Waals surface area contributed by atoms with Crippen LogP contribution in [0.15, 0.2) is 29.7 Å². The summed E-state index contributed by atoms with van der Waals surface area (Å²) >= 11 is 0. The molecule has 1 aromatic carbocycles. The molecule has 0 bridgehead atoms. The van der Waals surface area contributed by atoms with Crippen molar-refractivity contribution in [2.24, 2.45) is 5.73 Å². The van der Waals surface area contributed by atoms with Crippen LogP contribution in [-0.2, 0) is 6.42 Å². The smallest absolute Gasteiger partial charge is 0.205 e. The van der Waals surface area contributed by atoms with Crippen molar-refractivity contribution < 1.29 is 9.47 Å². The third kappa shape index (κ3) is 1.59. The van der Waals surface area contributed by atoms with Crippen LogP contribution in [0.3, 0.4) is 0 Å². The quantitative estimate of drug-likeness (QED) is 0.745. The minimum Gasteiger partial charge on any atom is -0.497 e. The summed E-state index contributed by atoms with van der Waals surface area (Å²) in [5.41, 5.74) is 6.95. The van der Waals surface area contributed by atoms with Crippen LogP contribution in [0.1, 0.15) is 5.56 Å². The lowest BCUT2D eigenvalue weighted by molar-refractivity contribution is 0.391. The molecular formula is C11H10N2O2. The predicted octanol–water partition coefficient (Wildman–Crippen LogP) is 1.32. The van der Waals surface area contributed by atoms with Gasteiger partial charge in [-0.1, -0.05) is 0 Å². The minimum absolute atomic E-state index is 0.190. The highest BCUT2D eigenvalue weighted by Crippen LogP contribution is 2.31. The molecule has 2 N–H and O–H groups in total. The van der Waals surface area contributed by atoms with Gasteiger partial charge in [0.25, 0.3) is 0 Å². The first-order valence-electron chi connectivity index (χ1n) is 4.48. The molecule has 0 atom stereocenters. The normalized spacial score (nSPS) is 13.9. The van der Waals surface area contributed by atoms with Crippen LogP contribution in [0.25, 0.3) is 0 Å². The van der Waals surface area contributed by atoms with E-state index in [0.717, 1.165) is 11.3 Å². The van der Waals surface area contributed by atoms with E-state index in [9.17, 15) is 0 Å². The van der Waals surface area contributed by atoms with Gasteiger partial charge in [-0.3, -0.25) is 0 Å². The summed E-state index contributed by atoms with van der Waals surface area (Å²) in [6.45, 7) is 0. The fourth-order valence-electron chi connectivity index (χ4n) is 1.47. The molecule has 1 aliphatic heterocycles. The molecule has 0 amide bonds. The van der Waals surface area contributed by atoms with Gasteiger partial charge < -0.3 is 15.2 Å². The Hall–Kier alpha value is -2.15. The molecule has 0 saturated heterocycles. The van der Waals surface area contributed by atoms with E-state index in [4.69, 9.17) is 20.5 Å². The Balaban J connectivity index is 2.41. The molecular weight excluding hydrogens is 192 g/mol. The Bertz CT molecular complexity index is 472. The maximum atomic E-state index is 8.81. The number of nitrogens with zero attached hydrogens (tertiary/aromatic N) is 1. The minimum atomic E-state index is 0.190. The van der Waals surface area contributed by atoms with Gasteiger partial charge in [0.2, 0.25) is 5.88 Å². The van der Waals surface area contributed by atoms with E-state index in [1.807, 2.05) is 12.1 Å². The number of rotatable bonds is 1. The molecule has 2 rings (SSSR count). The molecule has 0 unspecified atom stereocenters. The number of allylic oxidation sites excluding steroid dienone is 1. The van der Waals surface area contributed by atoms with Crippen LogP contribution in [0.5, 0.6) is 11.5 Å². The van der Waals surface area contributed by atoms with Gasteiger partial charge in [-0.05, 0) is 18.2 Å². The predicted molar refractivity (Wildman–Crippen MR) is 54.2 cm³/mol. The van der Waals surface area contributed by atoms with Gasteiger partial charge in [0.15, 0.2) is 0 Å². The zero-order chi connectivity index (χ0) is 10.8. The number of fused-ring (bicyclic) bond motifs is 1. The first-order chi connectivity index (χ1) is 7.24. The Morgan fingerprint density at radius 3 is 3.00 bits per heavy atom. The first-order valence-corrected chi connectivity index (χ1v) is 4.48. The zero-order valence-electron chi connectivity index (χ0n) is 8.28. The van der Waals surface area contributed by atoms with E-state index in [-0.39, 0.29) is 5.88 Å². The van der Waals surface area contributed by atoms with E-state index in [2.05, 4.69) is 0 Å². The maximum Gasteiger partial charge on any atom is 0.205 e. The van der Waals surface area contributed by atoms with Crippen LogP contribution >= 0.6 is 0 Å². The Labute approximate surface area is 87.5 Å². The SMILES string of the molecule is COc1ccc2c(c1)CC(C#N)=C(N)O2. The van der Waals surface area contributed by atoms with Crippen molar-refractivity contribution >= 4 is 0 Å². The molecule has 0 saturated carbocycles. The van der Waals surface area contributed by atoms with Gasteiger partial charge in [0, 0.05) is 12.0 Å². The highest BCUT2D eigenvalue weighted by molar-refractivity contribution is 5.48. The number of hydrogen-bond donors (Lipinski definition) is 1. The van der Waals surface area contributed by atoms with Crippen molar-refractivity contribution in [2.75, 3.05) is 7.11 Å². The molecule has 1 aromatic rings. The van der Waals surface area contributed by atoms with Gasteiger partial charge in [0.1, 0.15) is 17.6 Å². The van der Waals surface area contributed by atoms with E-state index < -0.39 is 0 Å². The largest absolute Gasteiger partial charge is 0.497 e. The monoisotopic (exact) mass is 202 g/mol. The lowest BCUT2D eigenvalue weighted by Gasteiger charge is -2.18. The standard InChI is InChI=1S/C11H10N2O2/c1-14-9-2-3-10-7(5-9)4-8(6-12)11(13)15-10/h2-3,5H,4,13H2,1H3. The number of benzene rings is 1. The molecule has 0 aromatic heterocycles. The fraction of sp³-hybridized carbons (Fsp3) is 0.182. The molecule has 0 spiro atoms. The molecule has 1 aliphatic rings. The lowest BCUT2D eigenvalue weighted by Crippen LogP contribution is -2.16. The summed E-state index contributed by atoms with van der Waals surface area (Å²) in [5, 5.41) is 8.81. The van der Waals surface area contributed by atoms with Crippen molar-refractivity contribution in [3.63, 3.8) is 0 Å². The van der Waals surface area contributed by atoms with Crippen LogP contribution in [0, 0.1) is 11.3 Å². The average molecular weight is 202 g/mol. The average Bonchev–Trinajstić information content (AvgIpc) is 2.27. The maximum absolute atomic E-state index is 8.81. The molecule has 0 aliphatic carbocycles. The van der Waals surface area contributed by atoms with Crippen LogP contribution in [0.4, 0.5) is 0 Å². The molecule has 0 fully saturated rings. The fourth-order valence-corrected chi connectivity index (χ4v) is 1.47. The topological polar surface area (TPSA) is 68.3 Å². The van der Waals surface area contributed by atoms with Gasteiger partial charge >= 0.3 is 0 Å². The van der Waals surface area contributed by atoms with Crippen molar-refractivity contribution in [1.29, 1.82) is 5.26 Å². The Morgan fingerprint density at radius 1 is 1.53 bits per heavy atom. The van der Waals surface area contributed by atoms with Crippen molar-refractivity contribution in [1.82, 2.24) is 0 Å². The van der Waals surface area contributed by atoms with Gasteiger partial charge in [-0.25, -0.2) is 0 Å². The summed E-state index contributed by atoms with van der Waals surface area (Å²) < 4.78 is 10.4. The van der Waals surface area contributed by atoms with E-state index >= 15 is 0 Å². The van der Waals surface area contributed by atoms with Crippen molar-refractivity contribution in [2.45, 2.75) is 6.42 Å². The summed E-state index contributed by atoms with van der Waals surface area (Å²) in [6, 6.07) is 7.45. The van der Waals surface area contributed by atoms with Crippen molar-refractivity contribution in [3.8, 4) is 17.6 Å². The van der Waals surface area contributed by atoms with E-state index in [0.29, 0.717) is 17.7 Å². The van der Waals surface area contributed by atoms with Gasteiger partial charge in [-0.2, -0.15) is 5.26 Å². The van der Waals surface area contributed by atoms with Crippen molar-refractivity contribution in [3.05, 3.63) is 35.2 Å². The Morgan fingerprint density at radius 2 is 2.33 bits per heavy atom. The Kier molecular flexibility index (Phi) is 2.22. The second-order valence-corrected chi connectivity index (χ2v) is 3.21. The number of nitrogens with two attached hydrogens (primary N) is 1. The van der Waals surface area contributed by atoms with E-state index in [1.165, 1.54) is 0 Å².